The maximum absolute atomic E-state index is 11.3. The van der Waals surface area contributed by atoms with Crippen molar-refractivity contribution in [2.24, 2.45) is 5.92 Å². The Morgan fingerprint density at radius 2 is 2.08 bits per heavy atom. The van der Waals surface area contributed by atoms with E-state index >= 15 is 0 Å². The van der Waals surface area contributed by atoms with E-state index in [4.69, 9.17) is 6.42 Å². The van der Waals surface area contributed by atoms with Crippen LogP contribution in [0, 0.1) is 18.3 Å². The first-order chi connectivity index (χ1) is 6.17. The third-order valence-electron chi connectivity index (χ3n) is 1.66. The number of hydrogen-bond donors (Lipinski definition) is 1. The van der Waals surface area contributed by atoms with Crippen LogP contribution in [0.1, 0.15) is 26.7 Å². The third kappa shape index (κ3) is 3.75. The molecule has 13 heavy (non-hydrogen) atoms. The summed E-state index contributed by atoms with van der Waals surface area (Å²) in [5.41, 5.74) is 0. The Bertz CT molecular complexity index is 228. The molecular formula is C10H15NO2. The van der Waals surface area contributed by atoms with Crippen LogP contribution in [0.4, 0.5) is 0 Å². The largest absolute Gasteiger partial charge is 0.350 e. The van der Waals surface area contributed by atoms with Crippen molar-refractivity contribution >= 4 is 11.7 Å². The molecule has 1 N–H and O–H groups in total. The predicted octanol–water partition coefficient (Wildman–Crippen LogP) is 0.741. The standard InChI is InChI=1S/C10H15NO2/c1-4-7-8(5-2)9(12)10(13)11-6-3/h2,8H,4,6-7H2,1,3H3,(H,11,13). The molecule has 72 valence electrons. The van der Waals surface area contributed by atoms with Gasteiger partial charge in [-0.05, 0) is 13.3 Å². The summed E-state index contributed by atoms with van der Waals surface area (Å²) in [7, 11) is 0. The Kier molecular flexibility index (Phi) is 5.62. The van der Waals surface area contributed by atoms with Crippen LogP contribution in [0.5, 0.6) is 0 Å². The van der Waals surface area contributed by atoms with Crippen LogP contribution in [-0.4, -0.2) is 18.2 Å². The minimum atomic E-state index is -0.570. The van der Waals surface area contributed by atoms with Gasteiger partial charge in [0.25, 0.3) is 5.91 Å². The monoisotopic (exact) mass is 181 g/mol. The first kappa shape index (κ1) is 11.7. The Hall–Kier alpha value is -1.30. The van der Waals surface area contributed by atoms with Crippen LogP contribution in [-0.2, 0) is 9.59 Å². The quantitative estimate of drug-likeness (QED) is 0.502. The zero-order valence-electron chi connectivity index (χ0n) is 8.09. The summed E-state index contributed by atoms with van der Waals surface area (Å²) in [6.45, 7) is 4.14. The highest BCUT2D eigenvalue weighted by Gasteiger charge is 2.21. The number of nitrogens with one attached hydrogen (secondary N) is 1. The minimum Gasteiger partial charge on any atom is -0.350 e. The molecule has 3 heteroatoms. The number of carbonyl (C=O) groups excluding carboxylic acids is 2. The van der Waals surface area contributed by atoms with Crippen molar-refractivity contribution in [1.29, 1.82) is 0 Å². The summed E-state index contributed by atoms with van der Waals surface area (Å²) in [5, 5.41) is 2.43. The summed E-state index contributed by atoms with van der Waals surface area (Å²) in [6.07, 6.45) is 6.52. The fourth-order valence-electron chi connectivity index (χ4n) is 0.985. The van der Waals surface area contributed by atoms with Crippen LogP contribution >= 0.6 is 0 Å². The first-order valence-corrected chi connectivity index (χ1v) is 4.45. The molecule has 0 aliphatic carbocycles. The molecule has 0 spiro atoms. The van der Waals surface area contributed by atoms with Crippen molar-refractivity contribution in [3.63, 3.8) is 0 Å². The van der Waals surface area contributed by atoms with Crippen LogP contribution < -0.4 is 5.32 Å². The Balaban J connectivity index is 4.22. The van der Waals surface area contributed by atoms with Crippen LogP contribution in [0.25, 0.3) is 0 Å². The van der Waals surface area contributed by atoms with Crippen LogP contribution in [0.3, 0.4) is 0 Å². The second-order valence-corrected chi connectivity index (χ2v) is 2.73. The van der Waals surface area contributed by atoms with E-state index < -0.39 is 17.6 Å². The number of carbonyl (C=O) groups is 2. The number of terminal acetylenes is 1. The van der Waals surface area contributed by atoms with E-state index in [0.29, 0.717) is 13.0 Å². The molecule has 0 bridgehead atoms. The molecule has 0 saturated carbocycles. The van der Waals surface area contributed by atoms with Crippen LogP contribution in [0.2, 0.25) is 0 Å². The lowest BCUT2D eigenvalue weighted by Crippen LogP contribution is -2.34. The van der Waals surface area contributed by atoms with Gasteiger partial charge in [0, 0.05) is 6.54 Å². The van der Waals surface area contributed by atoms with Gasteiger partial charge < -0.3 is 5.32 Å². The highest BCUT2D eigenvalue weighted by Crippen LogP contribution is 2.05. The van der Waals surface area contributed by atoms with Gasteiger partial charge in [-0.2, -0.15) is 0 Å². The van der Waals surface area contributed by atoms with Crippen molar-refractivity contribution in [1.82, 2.24) is 5.32 Å². The number of hydrogen-bond acceptors (Lipinski definition) is 2. The Morgan fingerprint density at radius 1 is 1.46 bits per heavy atom. The normalized spacial score (nSPS) is 11.5. The average molecular weight is 181 g/mol. The zero-order valence-corrected chi connectivity index (χ0v) is 8.09. The molecule has 0 aromatic heterocycles. The van der Waals surface area contributed by atoms with E-state index in [9.17, 15) is 9.59 Å². The molecule has 1 amide bonds. The molecule has 0 radical (unpaired) electrons. The van der Waals surface area contributed by atoms with Gasteiger partial charge in [0.05, 0.1) is 5.92 Å². The lowest BCUT2D eigenvalue weighted by molar-refractivity contribution is -0.139. The van der Waals surface area contributed by atoms with E-state index in [0.717, 1.165) is 6.42 Å². The molecular weight excluding hydrogens is 166 g/mol. The lowest BCUT2D eigenvalue weighted by atomic mass is 9.99. The van der Waals surface area contributed by atoms with Crippen molar-refractivity contribution in [2.45, 2.75) is 26.7 Å². The molecule has 0 fully saturated rings. The van der Waals surface area contributed by atoms with E-state index in [-0.39, 0.29) is 0 Å². The van der Waals surface area contributed by atoms with Gasteiger partial charge >= 0.3 is 0 Å². The maximum Gasteiger partial charge on any atom is 0.288 e. The van der Waals surface area contributed by atoms with E-state index in [1.165, 1.54) is 0 Å². The first-order valence-electron chi connectivity index (χ1n) is 4.45. The van der Waals surface area contributed by atoms with Crippen molar-refractivity contribution in [3.05, 3.63) is 0 Å². The zero-order chi connectivity index (χ0) is 10.3. The van der Waals surface area contributed by atoms with Crippen molar-refractivity contribution in [2.75, 3.05) is 6.54 Å². The second kappa shape index (κ2) is 6.24. The molecule has 0 aromatic rings. The van der Waals surface area contributed by atoms with Gasteiger partial charge in [-0.15, -0.1) is 6.42 Å². The molecule has 0 aliphatic heterocycles. The molecule has 1 atom stereocenters. The Labute approximate surface area is 78.9 Å². The third-order valence-corrected chi connectivity index (χ3v) is 1.66. The lowest BCUT2D eigenvalue weighted by Gasteiger charge is -2.06. The van der Waals surface area contributed by atoms with Gasteiger partial charge in [-0.1, -0.05) is 19.3 Å². The fourth-order valence-corrected chi connectivity index (χ4v) is 0.985. The highest BCUT2D eigenvalue weighted by atomic mass is 16.2. The highest BCUT2D eigenvalue weighted by molar-refractivity contribution is 6.37. The maximum atomic E-state index is 11.3. The van der Waals surface area contributed by atoms with Crippen molar-refractivity contribution < 1.29 is 9.59 Å². The smallest absolute Gasteiger partial charge is 0.288 e. The molecule has 3 nitrogen and oxygen atoms in total. The summed E-state index contributed by atoms with van der Waals surface area (Å²) in [4.78, 5) is 22.4. The van der Waals surface area contributed by atoms with Crippen molar-refractivity contribution in [3.8, 4) is 12.3 Å². The molecule has 0 aromatic carbocycles. The topological polar surface area (TPSA) is 46.2 Å². The number of ketones is 1. The van der Waals surface area contributed by atoms with Gasteiger partial charge in [0.15, 0.2) is 0 Å². The summed E-state index contributed by atoms with van der Waals surface area (Å²) >= 11 is 0. The summed E-state index contributed by atoms with van der Waals surface area (Å²) in [6, 6.07) is 0. The SMILES string of the molecule is C#CC(CCC)C(=O)C(=O)NCC. The molecule has 0 aliphatic rings. The van der Waals surface area contributed by atoms with E-state index in [1.807, 2.05) is 6.92 Å². The Morgan fingerprint density at radius 3 is 2.46 bits per heavy atom. The number of Topliss-reactive ketones (excluding diaryl/α,β-unsaturated/α-hetero) is 1. The second-order valence-electron chi connectivity index (χ2n) is 2.73. The van der Waals surface area contributed by atoms with Crippen LogP contribution in [0.15, 0.2) is 0 Å². The number of rotatable bonds is 5. The summed E-state index contributed by atoms with van der Waals surface area (Å²) in [5.74, 6) is 0.708. The molecule has 0 heterocycles. The number of amides is 1. The molecule has 0 saturated heterocycles. The van der Waals surface area contributed by atoms with Gasteiger partial charge in [0.1, 0.15) is 0 Å². The predicted molar refractivity (Wildman–Crippen MR) is 50.9 cm³/mol. The molecule has 0 rings (SSSR count). The van der Waals surface area contributed by atoms with Gasteiger partial charge in [-0.25, -0.2) is 0 Å². The average Bonchev–Trinajstić information content (AvgIpc) is 2.13. The number of likely N-dealkylation sites (N-methyl/N-ethyl adjacent to an activating group) is 1. The molecule has 1 unspecified atom stereocenters. The minimum absolute atomic E-state index is 0.452. The fraction of sp³-hybridized carbons (Fsp3) is 0.600. The van der Waals surface area contributed by atoms with E-state index in [2.05, 4.69) is 11.2 Å². The van der Waals surface area contributed by atoms with Gasteiger partial charge in [0.2, 0.25) is 5.78 Å². The van der Waals surface area contributed by atoms with E-state index in [1.54, 1.807) is 6.92 Å². The van der Waals surface area contributed by atoms with Gasteiger partial charge in [-0.3, -0.25) is 9.59 Å². The summed E-state index contributed by atoms with van der Waals surface area (Å²) < 4.78 is 0.